The highest BCUT2D eigenvalue weighted by atomic mass is 32.1. The molecule has 0 bridgehead atoms. The van der Waals surface area contributed by atoms with Crippen molar-refractivity contribution in [3.63, 3.8) is 0 Å². The summed E-state index contributed by atoms with van der Waals surface area (Å²) in [5.74, 6) is 0. The van der Waals surface area contributed by atoms with Gasteiger partial charge in [0.15, 0.2) is 0 Å². The van der Waals surface area contributed by atoms with E-state index in [0.717, 1.165) is 0 Å². The quantitative estimate of drug-likeness (QED) is 0.161. The van der Waals surface area contributed by atoms with Crippen LogP contribution in [0, 0.1) is 0 Å². The lowest BCUT2D eigenvalue weighted by atomic mass is 9.60. The molecule has 0 amide bonds. The van der Waals surface area contributed by atoms with Gasteiger partial charge in [0.1, 0.15) is 10.0 Å². The van der Waals surface area contributed by atoms with Gasteiger partial charge in [-0.25, -0.2) is 0 Å². The van der Waals surface area contributed by atoms with Gasteiger partial charge in [0.05, 0.1) is 11.4 Å². The van der Waals surface area contributed by atoms with Crippen LogP contribution in [-0.4, -0.2) is 14.0 Å². The molecule has 7 aromatic rings. The SMILES string of the molecule is CC(C)(C)c1ccc(N2B3c4ccccc4C(C)(C)c4ccccc4N3c3sc4c(c32)N(c2ccc(C(C)(C)C)cc2)B2c3ccccc3C(C)(C)c3ccccc3N24)cc1. The number of benzene rings is 6. The summed E-state index contributed by atoms with van der Waals surface area (Å²) in [6, 6.07) is 55.7. The number of hydrogen-bond acceptors (Lipinski definition) is 5. The molecule has 61 heavy (non-hydrogen) atoms. The summed E-state index contributed by atoms with van der Waals surface area (Å²) in [7, 11) is 0. The first-order valence-electron chi connectivity index (χ1n) is 22.0. The number of rotatable bonds is 2. The Bertz CT molecular complexity index is 2680. The van der Waals surface area contributed by atoms with Crippen LogP contribution >= 0.6 is 11.3 Å². The molecule has 0 saturated heterocycles. The van der Waals surface area contributed by atoms with Crippen LogP contribution < -0.4 is 30.2 Å². The van der Waals surface area contributed by atoms with Crippen LogP contribution in [-0.2, 0) is 21.7 Å². The van der Waals surface area contributed by atoms with Crippen LogP contribution in [0.2, 0.25) is 0 Å². The van der Waals surface area contributed by atoms with E-state index in [0.29, 0.717) is 0 Å². The van der Waals surface area contributed by atoms with Crippen LogP contribution in [0.15, 0.2) is 146 Å². The van der Waals surface area contributed by atoms with Crippen LogP contribution in [0.5, 0.6) is 0 Å². The fourth-order valence-corrected chi connectivity index (χ4v) is 12.3. The van der Waals surface area contributed by atoms with E-state index in [1.807, 2.05) is 11.3 Å². The first-order chi connectivity index (χ1) is 29.1. The second-order valence-corrected chi connectivity index (χ2v) is 21.7. The Labute approximate surface area is 367 Å². The Morgan fingerprint density at radius 2 is 0.721 bits per heavy atom. The maximum atomic E-state index is 2.69. The molecular weight excluding hydrogens is 758 g/mol. The Morgan fingerprint density at radius 1 is 0.393 bits per heavy atom. The molecule has 0 saturated carbocycles. The monoisotopic (exact) mass is 812 g/mol. The van der Waals surface area contributed by atoms with E-state index in [1.165, 1.54) is 88.4 Å². The molecule has 7 heteroatoms. The van der Waals surface area contributed by atoms with E-state index in [4.69, 9.17) is 0 Å². The fourth-order valence-electron chi connectivity index (χ4n) is 11.0. The highest BCUT2D eigenvalue weighted by Gasteiger charge is 2.58. The largest absolute Gasteiger partial charge is 0.421 e. The molecular formula is C54H54B2N4S. The minimum atomic E-state index is -0.218. The third-order valence-corrected chi connectivity index (χ3v) is 15.4. The lowest BCUT2D eigenvalue weighted by Gasteiger charge is -2.33. The van der Waals surface area contributed by atoms with Crippen LogP contribution in [0.25, 0.3) is 0 Å². The maximum Gasteiger partial charge on any atom is 0.421 e. The van der Waals surface area contributed by atoms with Crippen molar-refractivity contribution in [1.29, 1.82) is 0 Å². The summed E-state index contributed by atoms with van der Waals surface area (Å²) < 4.78 is 0. The lowest BCUT2D eigenvalue weighted by Crippen LogP contribution is -2.54. The molecule has 6 aromatic carbocycles. The van der Waals surface area contributed by atoms with Crippen molar-refractivity contribution in [2.24, 2.45) is 0 Å². The van der Waals surface area contributed by atoms with Crippen LogP contribution in [0.4, 0.5) is 44.1 Å². The van der Waals surface area contributed by atoms with Gasteiger partial charge in [-0.05, 0) is 91.5 Å². The van der Waals surface area contributed by atoms with Gasteiger partial charge in [0.2, 0.25) is 0 Å². The van der Waals surface area contributed by atoms with Crippen molar-refractivity contribution in [3.05, 3.63) is 179 Å². The molecule has 0 radical (unpaired) electrons. The highest BCUT2D eigenvalue weighted by Crippen LogP contribution is 2.67. The second-order valence-electron chi connectivity index (χ2n) is 20.7. The lowest BCUT2D eigenvalue weighted by molar-refractivity contribution is 0.590. The molecule has 0 fully saturated rings. The summed E-state index contributed by atoms with van der Waals surface area (Å²) in [6.45, 7) is 23.3. The zero-order chi connectivity index (χ0) is 42.4. The molecule has 302 valence electrons. The Morgan fingerprint density at radius 3 is 1.08 bits per heavy atom. The second kappa shape index (κ2) is 12.9. The zero-order valence-corrected chi connectivity index (χ0v) is 38.0. The van der Waals surface area contributed by atoms with Crippen molar-refractivity contribution in [2.45, 2.75) is 90.9 Å². The molecule has 1 aromatic heterocycles. The maximum absolute atomic E-state index is 2.69. The van der Waals surface area contributed by atoms with E-state index >= 15 is 0 Å². The number of hydrogen-bond donors (Lipinski definition) is 0. The number of nitrogens with zero attached hydrogens (tertiary/aromatic N) is 4. The molecule has 4 aliphatic rings. The summed E-state index contributed by atoms with van der Waals surface area (Å²) in [5.41, 5.74) is 17.9. The normalized spacial score (nSPS) is 16.8. The van der Waals surface area contributed by atoms with Crippen molar-refractivity contribution in [2.75, 3.05) is 19.2 Å². The molecule has 0 unspecified atom stereocenters. The Kier molecular flexibility index (Phi) is 8.12. The zero-order valence-electron chi connectivity index (χ0n) is 37.2. The van der Waals surface area contributed by atoms with E-state index in [9.17, 15) is 0 Å². The van der Waals surface area contributed by atoms with Crippen molar-refractivity contribution in [1.82, 2.24) is 0 Å². The van der Waals surface area contributed by atoms with Crippen molar-refractivity contribution >= 4 is 80.4 Å². The number of anilines is 8. The summed E-state index contributed by atoms with van der Waals surface area (Å²) in [6.07, 6.45) is 0. The van der Waals surface area contributed by atoms with Gasteiger partial charge < -0.3 is 19.2 Å². The van der Waals surface area contributed by atoms with E-state index in [-0.39, 0.29) is 35.6 Å². The van der Waals surface area contributed by atoms with Gasteiger partial charge in [-0.3, -0.25) is 0 Å². The fraction of sp³-hybridized carbons (Fsp3) is 0.259. The smallest absolute Gasteiger partial charge is 0.357 e. The summed E-state index contributed by atoms with van der Waals surface area (Å²) in [4.78, 5) is 10.8. The number of thiophene rings is 1. The van der Waals surface area contributed by atoms with Crippen LogP contribution in [0.1, 0.15) is 103 Å². The Balaban J connectivity index is 1.27. The van der Waals surface area contributed by atoms with Gasteiger partial charge in [0, 0.05) is 33.6 Å². The summed E-state index contributed by atoms with van der Waals surface area (Å²) >= 11 is 1.96. The molecule has 4 aliphatic heterocycles. The Hall–Kier alpha value is -5.65. The van der Waals surface area contributed by atoms with Gasteiger partial charge >= 0.3 is 14.0 Å². The topological polar surface area (TPSA) is 13.0 Å². The predicted molar refractivity (Wildman–Crippen MR) is 264 cm³/mol. The third kappa shape index (κ3) is 5.38. The van der Waals surface area contributed by atoms with Crippen LogP contribution in [0.3, 0.4) is 0 Å². The van der Waals surface area contributed by atoms with E-state index < -0.39 is 0 Å². The van der Waals surface area contributed by atoms with E-state index in [2.05, 4.69) is 234 Å². The minimum absolute atomic E-state index is 0.0360. The predicted octanol–water partition coefficient (Wildman–Crippen LogP) is 13.0. The molecule has 0 N–H and O–H groups in total. The first kappa shape index (κ1) is 38.3. The van der Waals surface area contributed by atoms with Gasteiger partial charge in [-0.1, -0.05) is 190 Å². The van der Waals surface area contributed by atoms with Gasteiger partial charge in [-0.2, -0.15) is 0 Å². The standard InChI is InChI=1S/C54H54B2N4S/c1-51(2,3)35-27-31-37(32-28-35)57-47-48-50(61-49(47)59-45-25-17-13-21-41(45)53(7,8)39-19-11-15-23-43(39)55(57)59)60-46-26-18-14-22-42(46)54(9,10)40-20-12-16-24-44(40)56(60)58(48)38-33-29-36(30-34-38)52(4,5)6/h11-34H,1-10H3. The highest BCUT2D eigenvalue weighted by molar-refractivity contribution is 7.25. The molecule has 0 atom stereocenters. The average molecular weight is 813 g/mol. The molecule has 0 aliphatic carbocycles. The van der Waals surface area contributed by atoms with Crippen molar-refractivity contribution in [3.8, 4) is 0 Å². The molecule has 0 spiro atoms. The number of para-hydroxylation sites is 2. The third-order valence-electron chi connectivity index (χ3n) is 14.2. The minimum Gasteiger partial charge on any atom is -0.357 e. The average Bonchev–Trinajstić information content (AvgIpc) is 3.85. The molecule has 5 heterocycles. The first-order valence-corrected chi connectivity index (χ1v) is 22.8. The van der Waals surface area contributed by atoms with E-state index in [1.54, 1.807) is 0 Å². The molecule has 11 rings (SSSR count). The summed E-state index contributed by atoms with van der Waals surface area (Å²) in [5, 5.41) is 2.55. The van der Waals surface area contributed by atoms with Crippen molar-refractivity contribution < 1.29 is 0 Å². The number of fused-ring (bicyclic) bond motifs is 15. The van der Waals surface area contributed by atoms with Gasteiger partial charge in [0.25, 0.3) is 0 Å². The van der Waals surface area contributed by atoms with Gasteiger partial charge in [-0.15, -0.1) is 0 Å². The molecule has 4 nitrogen and oxygen atoms in total.